The van der Waals surface area contributed by atoms with Gasteiger partial charge in [-0.2, -0.15) is 0 Å². The van der Waals surface area contributed by atoms with E-state index in [4.69, 9.17) is 5.11 Å². The van der Waals surface area contributed by atoms with Gasteiger partial charge in [0.1, 0.15) is 0 Å². The summed E-state index contributed by atoms with van der Waals surface area (Å²) in [6.07, 6.45) is 2.45. The molecule has 0 saturated carbocycles. The van der Waals surface area contributed by atoms with Gasteiger partial charge in [0.15, 0.2) is 6.61 Å². The fourth-order valence-electron chi connectivity index (χ4n) is 1.21. The van der Waals surface area contributed by atoms with E-state index in [1.54, 1.807) is 0 Å². The molecule has 0 aromatic carbocycles. The van der Waals surface area contributed by atoms with Gasteiger partial charge >= 0.3 is 5.97 Å². The van der Waals surface area contributed by atoms with Gasteiger partial charge in [0.2, 0.25) is 12.3 Å². The number of carboxylic acids is 1. The van der Waals surface area contributed by atoms with Crippen LogP contribution in [0.2, 0.25) is 0 Å². The molecule has 3 amide bonds. The van der Waals surface area contributed by atoms with E-state index in [0.717, 1.165) is 0 Å². The van der Waals surface area contributed by atoms with Crippen LogP contribution < -0.4 is 16.1 Å². The standard InChI is InChI=1S/C11H19N3O6/c15-8-12-6-9(16)14-20-7-10(17)13-5-3-1-2-4-11(18)19/h8H,1-7H2,(H,12,15)(H,13,17)(H,14,16)(H,18,19). The fraction of sp³-hybridized carbons (Fsp3) is 0.636. The van der Waals surface area contributed by atoms with Gasteiger partial charge in [-0.05, 0) is 12.8 Å². The third-order valence-corrected chi connectivity index (χ3v) is 2.12. The Balaban J connectivity index is 3.39. The van der Waals surface area contributed by atoms with E-state index >= 15 is 0 Å². The van der Waals surface area contributed by atoms with Crippen LogP contribution in [-0.2, 0) is 24.0 Å². The van der Waals surface area contributed by atoms with Crippen LogP contribution >= 0.6 is 0 Å². The molecule has 0 unspecified atom stereocenters. The molecule has 20 heavy (non-hydrogen) atoms. The van der Waals surface area contributed by atoms with Crippen molar-refractivity contribution in [1.82, 2.24) is 16.1 Å². The summed E-state index contributed by atoms with van der Waals surface area (Å²) in [7, 11) is 0. The van der Waals surface area contributed by atoms with Gasteiger partial charge in [-0.15, -0.1) is 0 Å². The first-order valence-electron chi connectivity index (χ1n) is 6.12. The lowest BCUT2D eigenvalue weighted by Crippen LogP contribution is -2.37. The van der Waals surface area contributed by atoms with Crippen LogP contribution in [0, 0.1) is 0 Å². The summed E-state index contributed by atoms with van der Waals surface area (Å²) in [5.74, 6) is -1.80. The highest BCUT2D eigenvalue weighted by atomic mass is 16.7. The molecule has 9 nitrogen and oxygen atoms in total. The van der Waals surface area contributed by atoms with Crippen molar-refractivity contribution >= 4 is 24.2 Å². The van der Waals surface area contributed by atoms with Crippen molar-refractivity contribution in [3.8, 4) is 0 Å². The van der Waals surface area contributed by atoms with Gasteiger partial charge in [0, 0.05) is 13.0 Å². The molecule has 4 N–H and O–H groups in total. The second-order valence-corrected chi connectivity index (χ2v) is 3.87. The summed E-state index contributed by atoms with van der Waals surface area (Å²) in [4.78, 5) is 46.9. The lowest BCUT2D eigenvalue weighted by atomic mass is 10.2. The van der Waals surface area contributed by atoms with Crippen molar-refractivity contribution in [2.24, 2.45) is 0 Å². The highest BCUT2D eigenvalue weighted by Crippen LogP contribution is 1.98. The van der Waals surface area contributed by atoms with E-state index in [0.29, 0.717) is 32.2 Å². The van der Waals surface area contributed by atoms with Crippen molar-refractivity contribution in [2.75, 3.05) is 19.7 Å². The Morgan fingerprint density at radius 2 is 1.85 bits per heavy atom. The normalized spacial score (nSPS) is 9.60. The molecule has 0 aromatic rings. The van der Waals surface area contributed by atoms with Crippen LogP contribution in [0.25, 0.3) is 0 Å². The maximum atomic E-state index is 11.2. The molecule has 0 aliphatic carbocycles. The van der Waals surface area contributed by atoms with Crippen LogP contribution in [0.1, 0.15) is 25.7 Å². The van der Waals surface area contributed by atoms with Crippen molar-refractivity contribution in [2.45, 2.75) is 25.7 Å². The van der Waals surface area contributed by atoms with E-state index in [1.165, 1.54) is 0 Å². The number of nitrogens with one attached hydrogen (secondary N) is 3. The largest absolute Gasteiger partial charge is 0.481 e. The minimum absolute atomic E-state index is 0.123. The number of hydroxylamine groups is 1. The van der Waals surface area contributed by atoms with Crippen LogP contribution in [0.15, 0.2) is 0 Å². The summed E-state index contributed by atoms with van der Waals surface area (Å²) >= 11 is 0. The second-order valence-electron chi connectivity index (χ2n) is 3.87. The molecule has 114 valence electrons. The third-order valence-electron chi connectivity index (χ3n) is 2.12. The van der Waals surface area contributed by atoms with Crippen molar-refractivity contribution in [3.63, 3.8) is 0 Å². The molecular formula is C11H19N3O6. The number of carboxylic acid groups (broad SMARTS) is 1. The Labute approximate surface area is 116 Å². The maximum Gasteiger partial charge on any atom is 0.303 e. The van der Waals surface area contributed by atoms with Gasteiger partial charge in [-0.1, -0.05) is 6.42 Å². The number of aliphatic carboxylic acids is 1. The number of hydrogen-bond acceptors (Lipinski definition) is 5. The lowest BCUT2D eigenvalue weighted by Gasteiger charge is -2.06. The summed E-state index contributed by atoms with van der Waals surface area (Å²) in [6.45, 7) is -0.140. The van der Waals surface area contributed by atoms with E-state index in [2.05, 4.69) is 15.5 Å². The third kappa shape index (κ3) is 12.3. The number of rotatable bonds is 12. The van der Waals surface area contributed by atoms with Gasteiger partial charge in [0.25, 0.3) is 5.91 Å². The Bertz CT molecular complexity index is 334. The van der Waals surface area contributed by atoms with Crippen LogP contribution in [0.4, 0.5) is 0 Å². The molecule has 0 bridgehead atoms. The van der Waals surface area contributed by atoms with E-state index in [-0.39, 0.29) is 19.6 Å². The van der Waals surface area contributed by atoms with E-state index < -0.39 is 17.8 Å². The summed E-state index contributed by atoms with van der Waals surface area (Å²) in [6, 6.07) is 0. The molecule has 0 aliphatic rings. The smallest absolute Gasteiger partial charge is 0.303 e. The predicted molar refractivity (Wildman–Crippen MR) is 67.3 cm³/mol. The Morgan fingerprint density at radius 3 is 2.50 bits per heavy atom. The molecule has 0 aliphatic heterocycles. The summed E-state index contributed by atoms with van der Waals surface area (Å²) < 4.78 is 0. The van der Waals surface area contributed by atoms with Gasteiger partial charge in [-0.25, -0.2) is 5.48 Å². The van der Waals surface area contributed by atoms with Crippen molar-refractivity contribution < 1.29 is 29.1 Å². The minimum atomic E-state index is -0.831. The summed E-state index contributed by atoms with van der Waals surface area (Å²) in [5.41, 5.74) is 1.99. The monoisotopic (exact) mass is 289 g/mol. The van der Waals surface area contributed by atoms with Crippen LogP contribution in [-0.4, -0.2) is 49.0 Å². The summed E-state index contributed by atoms with van der Waals surface area (Å²) in [5, 5.41) is 13.1. The average molecular weight is 289 g/mol. The molecular weight excluding hydrogens is 270 g/mol. The zero-order chi connectivity index (χ0) is 15.2. The van der Waals surface area contributed by atoms with Gasteiger partial charge in [0.05, 0.1) is 6.54 Å². The maximum absolute atomic E-state index is 11.2. The van der Waals surface area contributed by atoms with Crippen molar-refractivity contribution in [3.05, 3.63) is 0 Å². The molecule has 0 aromatic heterocycles. The average Bonchev–Trinajstić information content (AvgIpc) is 2.40. The Hall–Kier alpha value is -2.16. The molecule has 0 heterocycles. The molecule has 0 radical (unpaired) electrons. The van der Waals surface area contributed by atoms with E-state index in [9.17, 15) is 19.2 Å². The molecule has 9 heteroatoms. The van der Waals surface area contributed by atoms with Gasteiger partial charge in [-0.3, -0.25) is 24.0 Å². The number of amides is 3. The first-order valence-corrected chi connectivity index (χ1v) is 6.12. The quantitative estimate of drug-likeness (QED) is 0.197. The number of carbonyl (C=O) groups excluding carboxylic acids is 3. The Kier molecular flexibility index (Phi) is 10.6. The molecule has 0 atom stereocenters. The number of carbonyl (C=O) groups is 4. The number of unbranched alkanes of at least 4 members (excludes halogenated alkanes) is 2. The number of hydrogen-bond donors (Lipinski definition) is 4. The topological polar surface area (TPSA) is 134 Å². The van der Waals surface area contributed by atoms with Crippen LogP contribution in [0.3, 0.4) is 0 Å². The molecule has 0 saturated heterocycles. The lowest BCUT2D eigenvalue weighted by molar-refractivity contribution is -0.139. The predicted octanol–water partition coefficient (Wildman–Crippen LogP) is -1.46. The molecule has 0 rings (SSSR count). The van der Waals surface area contributed by atoms with Crippen LogP contribution in [0.5, 0.6) is 0 Å². The highest BCUT2D eigenvalue weighted by Gasteiger charge is 2.04. The zero-order valence-corrected chi connectivity index (χ0v) is 11.0. The molecule has 0 fully saturated rings. The molecule has 0 spiro atoms. The SMILES string of the molecule is O=CNCC(=O)NOCC(=O)NCCCCCC(=O)O. The van der Waals surface area contributed by atoms with Gasteiger partial charge < -0.3 is 15.7 Å². The fourth-order valence-corrected chi connectivity index (χ4v) is 1.21. The zero-order valence-electron chi connectivity index (χ0n) is 11.0. The van der Waals surface area contributed by atoms with E-state index in [1.807, 2.05) is 5.48 Å². The van der Waals surface area contributed by atoms with Crippen molar-refractivity contribution in [1.29, 1.82) is 0 Å². The first-order chi connectivity index (χ1) is 9.56. The first kappa shape index (κ1) is 17.8. The minimum Gasteiger partial charge on any atom is -0.481 e. The Morgan fingerprint density at radius 1 is 1.10 bits per heavy atom. The highest BCUT2D eigenvalue weighted by molar-refractivity contribution is 5.80. The second kappa shape index (κ2) is 11.9.